The van der Waals surface area contributed by atoms with Gasteiger partial charge in [0.25, 0.3) is 0 Å². The second kappa shape index (κ2) is 6.77. The Bertz CT molecular complexity index is 697. The number of nitrogens with zero attached hydrogens (tertiary/aromatic N) is 3. The quantitative estimate of drug-likeness (QED) is 0.373. The van der Waals surface area contributed by atoms with Crippen LogP contribution in [0.2, 0.25) is 0 Å². The molecular formula is C14H13N3O3S2. The molecule has 0 unspecified atom stereocenters. The van der Waals surface area contributed by atoms with Gasteiger partial charge >= 0.3 is 5.97 Å². The van der Waals surface area contributed by atoms with Crippen molar-refractivity contribution < 1.29 is 19.3 Å². The zero-order valence-corrected chi connectivity index (χ0v) is 13.4. The standard InChI is InChI=1S/C13H12N2O3S.CHNS/c1-8-4-2-3-5-14(8)9-7-19-11-6-10(16)15(11)12(9)13(17)18;2-1-3/h2-5,11H,6-7H2,1H3;3H/t11-;/m1./s1. The number of carboxylic acid groups (broad SMARTS) is 1. The number of amides is 1. The number of fused-ring (bicyclic) bond motifs is 1. The Morgan fingerprint density at radius 1 is 1.59 bits per heavy atom. The van der Waals surface area contributed by atoms with Crippen molar-refractivity contribution in [2.45, 2.75) is 18.7 Å². The second-order valence-corrected chi connectivity index (χ2v) is 5.99. The summed E-state index contributed by atoms with van der Waals surface area (Å²) in [6.07, 6.45) is 2.27. The number of carbonyl (C=O) groups excluding carboxylic acids is 1. The van der Waals surface area contributed by atoms with Gasteiger partial charge in [-0.2, -0.15) is 4.57 Å². The summed E-state index contributed by atoms with van der Waals surface area (Å²) in [4.78, 5) is 24.6. The first-order valence-electron chi connectivity index (χ1n) is 6.40. The topological polar surface area (TPSA) is 85.3 Å². The van der Waals surface area contributed by atoms with Gasteiger partial charge in [0.15, 0.2) is 17.6 Å². The number of hydrogen-bond donors (Lipinski definition) is 1. The molecule has 1 aromatic heterocycles. The molecule has 0 radical (unpaired) electrons. The number of hydrogen-bond acceptors (Lipinski definition) is 5. The zero-order valence-electron chi connectivity index (χ0n) is 11.7. The molecule has 6 nitrogen and oxygen atoms in total. The van der Waals surface area contributed by atoms with Crippen LogP contribution in [0.1, 0.15) is 12.1 Å². The maximum Gasteiger partial charge on any atom is 0.359 e. The van der Waals surface area contributed by atoms with Crippen LogP contribution in [-0.2, 0) is 22.2 Å². The third-order valence-electron chi connectivity index (χ3n) is 3.39. The van der Waals surface area contributed by atoms with Crippen LogP contribution in [0.15, 0.2) is 30.1 Å². The summed E-state index contributed by atoms with van der Waals surface area (Å²) in [6, 6.07) is 5.68. The highest BCUT2D eigenvalue weighted by Gasteiger charge is 2.48. The minimum atomic E-state index is -1.04. The SMILES string of the molecule is Cc1cccc[n+]1C1=C(C(=O)O)N2C(=O)C[C@H]2SC1.N#C[S-]. The zero-order chi connectivity index (χ0) is 16.3. The molecule has 0 saturated carbocycles. The fraction of sp³-hybridized carbons (Fsp3) is 0.286. The maximum absolute atomic E-state index is 11.6. The van der Waals surface area contributed by atoms with Crippen molar-refractivity contribution in [1.29, 1.82) is 5.26 Å². The number of pyridine rings is 1. The average Bonchev–Trinajstić information content (AvgIpc) is 2.47. The average molecular weight is 335 g/mol. The van der Waals surface area contributed by atoms with Crippen molar-refractivity contribution in [3.63, 3.8) is 0 Å². The number of rotatable bonds is 2. The summed E-state index contributed by atoms with van der Waals surface area (Å²) < 4.78 is 1.85. The lowest BCUT2D eigenvalue weighted by Gasteiger charge is -2.42. The number of aromatic nitrogens is 1. The van der Waals surface area contributed by atoms with Crippen LogP contribution in [0.5, 0.6) is 0 Å². The van der Waals surface area contributed by atoms with E-state index in [1.54, 1.807) is 11.8 Å². The fourth-order valence-corrected chi connectivity index (χ4v) is 3.67. The van der Waals surface area contributed by atoms with Crippen molar-refractivity contribution in [3.05, 3.63) is 35.8 Å². The lowest BCUT2D eigenvalue weighted by molar-refractivity contribution is -0.589. The molecule has 1 saturated heterocycles. The van der Waals surface area contributed by atoms with Crippen molar-refractivity contribution in [3.8, 4) is 5.40 Å². The van der Waals surface area contributed by atoms with E-state index in [9.17, 15) is 14.7 Å². The van der Waals surface area contributed by atoms with E-state index in [1.807, 2.05) is 35.9 Å². The molecule has 1 atom stereocenters. The molecule has 3 rings (SSSR count). The fourth-order valence-electron chi connectivity index (χ4n) is 2.41. The van der Waals surface area contributed by atoms with Gasteiger partial charge in [0.1, 0.15) is 0 Å². The van der Waals surface area contributed by atoms with Crippen molar-refractivity contribution >= 4 is 42.0 Å². The van der Waals surface area contributed by atoms with E-state index in [0.29, 0.717) is 17.9 Å². The van der Waals surface area contributed by atoms with E-state index < -0.39 is 5.97 Å². The molecule has 1 aromatic rings. The minimum Gasteiger partial charge on any atom is -0.696 e. The van der Waals surface area contributed by atoms with Gasteiger partial charge < -0.3 is 17.7 Å². The Morgan fingerprint density at radius 3 is 2.82 bits per heavy atom. The number of aryl methyl sites for hydroxylation is 1. The monoisotopic (exact) mass is 335 g/mol. The van der Waals surface area contributed by atoms with Crippen molar-refractivity contribution in [1.82, 2.24) is 4.90 Å². The summed E-state index contributed by atoms with van der Waals surface area (Å²) >= 11 is 5.31. The van der Waals surface area contributed by atoms with E-state index in [4.69, 9.17) is 5.26 Å². The first kappa shape index (κ1) is 16.3. The summed E-state index contributed by atoms with van der Waals surface area (Å²) in [6.45, 7) is 1.92. The molecule has 0 aliphatic carbocycles. The van der Waals surface area contributed by atoms with Crippen LogP contribution >= 0.6 is 11.8 Å². The van der Waals surface area contributed by atoms with Gasteiger partial charge in [-0.25, -0.2) is 10.1 Å². The number of aliphatic carboxylic acids is 1. The van der Waals surface area contributed by atoms with Crippen LogP contribution in [0, 0.1) is 17.6 Å². The summed E-state index contributed by atoms with van der Waals surface area (Å²) in [5, 5.41) is 17.9. The summed E-state index contributed by atoms with van der Waals surface area (Å²) in [7, 11) is 0. The second-order valence-electron chi connectivity index (χ2n) is 4.64. The minimum absolute atomic E-state index is 0.00744. The highest BCUT2D eigenvalue weighted by molar-refractivity contribution is 8.00. The molecular weight excluding hydrogens is 322 g/mol. The number of carboxylic acids is 1. The number of thiocyanates is 1. The Hall–Kier alpha value is -2.11. The normalized spacial score (nSPS) is 19.4. The first-order chi connectivity index (χ1) is 10.5. The largest absolute Gasteiger partial charge is 0.696 e. The lowest BCUT2D eigenvalue weighted by atomic mass is 10.1. The van der Waals surface area contributed by atoms with Crippen LogP contribution < -0.4 is 4.57 Å². The van der Waals surface area contributed by atoms with Crippen LogP contribution in [-0.4, -0.2) is 33.0 Å². The molecule has 0 spiro atoms. The lowest BCUT2D eigenvalue weighted by Crippen LogP contribution is -2.56. The summed E-state index contributed by atoms with van der Waals surface area (Å²) in [5.74, 6) is -0.545. The van der Waals surface area contributed by atoms with Crippen LogP contribution in [0.4, 0.5) is 0 Å². The molecule has 8 heteroatoms. The van der Waals surface area contributed by atoms with Gasteiger partial charge in [0.2, 0.25) is 11.6 Å². The Kier molecular flexibility index (Phi) is 5.00. The molecule has 1 N–H and O–H groups in total. The molecule has 1 amide bonds. The van der Waals surface area contributed by atoms with E-state index >= 15 is 0 Å². The van der Waals surface area contributed by atoms with E-state index in [2.05, 4.69) is 12.6 Å². The number of thioether (sulfide) groups is 1. The number of carbonyl (C=O) groups is 2. The molecule has 22 heavy (non-hydrogen) atoms. The van der Waals surface area contributed by atoms with Crippen LogP contribution in [0.25, 0.3) is 5.70 Å². The predicted octanol–water partition coefficient (Wildman–Crippen LogP) is 0.855. The van der Waals surface area contributed by atoms with Crippen molar-refractivity contribution in [2.24, 2.45) is 0 Å². The molecule has 1 fully saturated rings. The molecule has 2 aliphatic rings. The van der Waals surface area contributed by atoms with Gasteiger partial charge in [-0.1, -0.05) is 11.5 Å². The third-order valence-corrected chi connectivity index (χ3v) is 4.59. The maximum atomic E-state index is 11.6. The molecule has 0 aromatic carbocycles. The highest BCUT2D eigenvalue weighted by atomic mass is 32.2. The van der Waals surface area contributed by atoms with Gasteiger partial charge in [-0.15, -0.1) is 11.8 Å². The number of β-lactam (4-membered cyclic amide) rings is 1. The van der Waals surface area contributed by atoms with Crippen molar-refractivity contribution in [2.75, 3.05) is 5.75 Å². The third kappa shape index (κ3) is 2.91. The van der Waals surface area contributed by atoms with Gasteiger partial charge in [-0.3, -0.25) is 9.69 Å². The highest BCUT2D eigenvalue weighted by Crippen LogP contribution is 2.39. The molecule has 114 valence electrons. The van der Waals surface area contributed by atoms with E-state index in [0.717, 1.165) is 5.69 Å². The Morgan fingerprint density at radius 2 is 2.27 bits per heavy atom. The predicted molar refractivity (Wildman–Crippen MR) is 82.9 cm³/mol. The van der Waals surface area contributed by atoms with E-state index in [-0.39, 0.29) is 17.0 Å². The van der Waals surface area contributed by atoms with Gasteiger partial charge in [0.05, 0.1) is 17.5 Å². The van der Waals surface area contributed by atoms with Crippen LogP contribution in [0.3, 0.4) is 0 Å². The smallest absolute Gasteiger partial charge is 0.359 e. The molecule has 2 aliphatic heterocycles. The summed E-state index contributed by atoms with van der Waals surface area (Å²) in [5.41, 5.74) is 1.74. The molecule has 0 bridgehead atoms. The Balaban J connectivity index is 0.000000545. The molecule has 3 heterocycles. The first-order valence-corrected chi connectivity index (χ1v) is 7.86. The number of nitriles is 1. The van der Waals surface area contributed by atoms with E-state index in [1.165, 1.54) is 10.3 Å². The Labute approximate surface area is 137 Å². The van der Waals surface area contributed by atoms with Gasteiger partial charge in [0, 0.05) is 19.1 Å². The van der Waals surface area contributed by atoms with Gasteiger partial charge in [-0.05, 0) is 0 Å².